The van der Waals surface area contributed by atoms with Gasteiger partial charge in [-0.1, -0.05) is 0 Å². The van der Waals surface area contributed by atoms with Crippen molar-refractivity contribution in [3.63, 3.8) is 0 Å². The zero-order valence-corrected chi connectivity index (χ0v) is 7.43. The minimum atomic E-state index is -2.56. The molecule has 1 saturated carbocycles. The number of H-pyrrole nitrogens is 1. The fraction of sp³-hybridized carbons (Fsp3) is 0.714. The topological polar surface area (TPSA) is 79.6 Å². The molecule has 0 bridgehead atoms. The number of halogens is 2. The number of anilines is 2. The molecule has 1 aliphatic rings. The van der Waals surface area contributed by atoms with Crippen molar-refractivity contribution >= 4 is 11.9 Å². The summed E-state index contributed by atoms with van der Waals surface area (Å²) in [6.45, 7) is 0. The minimum absolute atomic E-state index is 0.0788. The Morgan fingerprint density at radius 1 is 1.57 bits per heavy atom. The first-order valence-electron chi connectivity index (χ1n) is 4.37. The van der Waals surface area contributed by atoms with Crippen molar-refractivity contribution < 1.29 is 8.78 Å². The molecule has 14 heavy (non-hydrogen) atoms. The van der Waals surface area contributed by atoms with Crippen molar-refractivity contribution in [2.75, 3.05) is 11.1 Å². The molecule has 1 atom stereocenters. The quantitative estimate of drug-likeness (QED) is 0.669. The Hall–Kier alpha value is -1.40. The smallest absolute Gasteiger partial charge is 0.250 e. The van der Waals surface area contributed by atoms with Crippen LogP contribution in [0.1, 0.15) is 19.3 Å². The van der Waals surface area contributed by atoms with E-state index in [-0.39, 0.29) is 30.8 Å². The highest BCUT2D eigenvalue weighted by atomic mass is 19.3. The van der Waals surface area contributed by atoms with Crippen LogP contribution < -0.4 is 11.1 Å². The van der Waals surface area contributed by atoms with E-state index in [9.17, 15) is 8.78 Å². The van der Waals surface area contributed by atoms with Crippen LogP contribution in [-0.2, 0) is 0 Å². The number of nitrogens with zero attached hydrogens (tertiary/aromatic N) is 2. The summed E-state index contributed by atoms with van der Waals surface area (Å²) in [4.78, 5) is 3.78. The summed E-state index contributed by atoms with van der Waals surface area (Å²) in [7, 11) is 0. The second kappa shape index (κ2) is 3.07. The lowest BCUT2D eigenvalue weighted by molar-refractivity contribution is 0.00851. The van der Waals surface area contributed by atoms with Crippen LogP contribution in [0.3, 0.4) is 0 Å². The highest BCUT2D eigenvalue weighted by Crippen LogP contribution is 2.35. The lowest BCUT2D eigenvalue weighted by Gasteiger charge is -2.10. The zero-order chi connectivity index (χ0) is 10.2. The molecule has 1 fully saturated rings. The van der Waals surface area contributed by atoms with E-state index in [1.165, 1.54) is 0 Å². The van der Waals surface area contributed by atoms with Crippen LogP contribution in [0.2, 0.25) is 0 Å². The Balaban J connectivity index is 1.94. The molecule has 0 aliphatic heterocycles. The Bertz CT molecular complexity index is 324. The van der Waals surface area contributed by atoms with Gasteiger partial charge in [-0.3, -0.25) is 0 Å². The number of hydrogen-bond acceptors (Lipinski definition) is 4. The molecule has 78 valence electrons. The third-order valence-corrected chi connectivity index (χ3v) is 2.24. The second-order valence-corrected chi connectivity index (χ2v) is 3.48. The van der Waals surface area contributed by atoms with E-state index >= 15 is 0 Å². The van der Waals surface area contributed by atoms with Gasteiger partial charge in [-0.25, -0.2) is 13.9 Å². The molecule has 0 radical (unpaired) electrons. The molecule has 0 aromatic carbocycles. The van der Waals surface area contributed by atoms with Crippen LogP contribution in [0.4, 0.5) is 20.7 Å². The lowest BCUT2D eigenvalue weighted by atomic mass is 10.2. The number of hydrogen-bond donors (Lipinski definition) is 3. The summed E-state index contributed by atoms with van der Waals surface area (Å²) in [5.74, 6) is -2.10. The van der Waals surface area contributed by atoms with E-state index in [1.807, 2.05) is 0 Å². The van der Waals surface area contributed by atoms with E-state index in [4.69, 9.17) is 5.73 Å². The van der Waals surface area contributed by atoms with E-state index in [0.717, 1.165) is 0 Å². The van der Waals surface area contributed by atoms with E-state index in [0.29, 0.717) is 6.42 Å². The van der Waals surface area contributed by atoms with Gasteiger partial charge in [0.15, 0.2) is 0 Å². The van der Waals surface area contributed by atoms with Gasteiger partial charge in [-0.15, -0.1) is 5.10 Å². The van der Waals surface area contributed by atoms with Gasteiger partial charge in [0.05, 0.1) is 0 Å². The van der Waals surface area contributed by atoms with Gasteiger partial charge >= 0.3 is 0 Å². The Kier molecular flexibility index (Phi) is 2.01. The summed E-state index contributed by atoms with van der Waals surface area (Å²) in [5.41, 5.74) is 5.29. The molecule has 4 N–H and O–H groups in total. The van der Waals surface area contributed by atoms with E-state index in [2.05, 4.69) is 20.5 Å². The zero-order valence-electron chi connectivity index (χ0n) is 7.43. The first-order valence-corrected chi connectivity index (χ1v) is 4.37. The Labute approximate surface area is 79.1 Å². The van der Waals surface area contributed by atoms with Crippen LogP contribution in [0.5, 0.6) is 0 Å². The molecule has 1 aliphatic carbocycles. The van der Waals surface area contributed by atoms with Gasteiger partial charge in [-0.2, -0.15) is 4.98 Å². The van der Waals surface area contributed by atoms with Crippen molar-refractivity contribution in [2.24, 2.45) is 0 Å². The molecule has 1 heterocycles. The maximum Gasteiger partial charge on any atom is 0.250 e. The third-order valence-electron chi connectivity index (χ3n) is 2.24. The first kappa shape index (κ1) is 9.17. The van der Waals surface area contributed by atoms with Gasteiger partial charge in [-0.05, 0) is 6.42 Å². The summed E-state index contributed by atoms with van der Waals surface area (Å²) >= 11 is 0. The summed E-state index contributed by atoms with van der Waals surface area (Å²) in [6.07, 6.45) is 0.188. The molecular weight excluding hydrogens is 192 g/mol. The fourth-order valence-electron chi connectivity index (χ4n) is 1.59. The number of aromatic amines is 1. The van der Waals surface area contributed by atoms with Gasteiger partial charge in [0.25, 0.3) is 0 Å². The SMILES string of the molecule is Nc1nc(NC2CCC(F)(F)C2)n[nH]1. The van der Waals surface area contributed by atoms with Crippen LogP contribution in [0.15, 0.2) is 0 Å². The van der Waals surface area contributed by atoms with Gasteiger partial charge < -0.3 is 11.1 Å². The molecule has 2 rings (SSSR count). The van der Waals surface area contributed by atoms with Crippen molar-refractivity contribution in [1.29, 1.82) is 0 Å². The summed E-state index contributed by atoms with van der Waals surface area (Å²) < 4.78 is 25.6. The number of aromatic nitrogens is 3. The second-order valence-electron chi connectivity index (χ2n) is 3.48. The largest absolute Gasteiger partial charge is 0.368 e. The Morgan fingerprint density at radius 2 is 2.36 bits per heavy atom. The molecule has 0 amide bonds. The number of nitrogen functional groups attached to an aromatic ring is 1. The van der Waals surface area contributed by atoms with Crippen molar-refractivity contribution in [3.8, 4) is 0 Å². The molecule has 7 heteroatoms. The van der Waals surface area contributed by atoms with Gasteiger partial charge in [0.1, 0.15) is 0 Å². The number of rotatable bonds is 2. The maximum atomic E-state index is 12.8. The fourth-order valence-corrected chi connectivity index (χ4v) is 1.59. The highest BCUT2D eigenvalue weighted by molar-refractivity contribution is 5.31. The Morgan fingerprint density at radius 3 is 2.86 bits per heavy atom. The van der Waals surface area contributed by atoms with Crippen LogP contribution in [0.25, 0.3) is 0 Å². The van der Waals surface area contributed by atoms with Crippen LogP contribution in [-0.4, -0.2) is 27.1 Å². The standard InChI is InChI=1S/C7H11F2N5/c8-7(9)2-1-4(3-7)11-6-12-5(10)13-14-6/h4H,1-3H2,(H4,10,11,12,13,14). The number of nitrogens with one attached hydrogen (secondary N) is 2. The predicted molar refractivity (Wildman–Crippen MR) is 47.0 cm³/mol. The third kappa shape index (κ3) is 1.91. The molecule has 1 unspecified atom stereocenters. The van der Waals surface area contributed by atoms with Crippen molar-refractivity contribution in [1.82, 2.24) is 15.2 Å². The van der Waals surface area contributed by atoms with E-state index in [1.54, 1.807) is 0 Å². The molecule has 0 saturated heterocycles. The van der Waals surface area contributed by atoms with Crippen LogP contribution >= 0.6 is 0 Å². The molecule has 1 aromatic rings. The predicted octanol–water partition coefficient (Wildman–Crippen LogP) is 0.987. The average molecular weight is 203 g/mol. The van der Waals surface area contributed by atoms with Crippen molar-refractivity contribution in [3.05, 3.63) is 0 Å². The van der Waals surface area contributed by atoms with Crippen molar-refractivity contribution in [2.45, 2.75) is 31.2 Å². The average Bonchev–Trinajstić information content (AvgIpc) is 2.59. The molecule has 0 spiro atoms. The summed E-state index contributed by atoms with van der Waals surface area (Å²) in [5, 5.41) is 8.94. The molecule has 1 aromatic heterocycles. The monoisotopic (exact) mass is 203 g/mol. The minimum Gasteiger partial charge on any atom is -0.368 e. The van der Waals surface area contributed by atoms with Crippen LogP contribution in [0, 0.1) is 0 Å². The van der Waals surface area contributed by atoms with Gasteiger partial charge in [0, 0.05) is 18.9 Å². The lowest BCUT2D eigenvalue weighted by Crippen LogP contribution is -2.19. The van der Waals surface area contributed by atoms with E-state index < -0.39 is 5.92 Å². The maximum absolute atomic E-state index is 12.8. The number of nitrogens with two attached hydrogens (primary N) is 1. The molecular formula is C7H11F2N5. The summed E-state index contributed by atoms with van der Waals surface area (Å²) in [6, 6.07) is -0.264. The number of alkyl halides is 2. The normalized spacial score (nSPS) is 25.1. The highest BCUT2D eigenvalue weighted by Gasteiger charge is 2.39. The molecule has 5 nitrogen and oxygen atoms in total. The first-order chi connectivity index (χ1) is 6.55. The van der Waals surface area contributed by atoms with Gasteiger partial charge in [0.2, 0.25) is 17.8 Å².